The molecule has 0 radical (unpaired) electrons. The highest BCUT2D eigenvalue weighted by molar-refractivity contribution is 5.82. The molecule has 2 heterocycles. The second-order valence-corrected chi connectivity index (χ2v) is 7.05. The molecule has 142 valence electrons. The van der Waals surface area contributed by atoms with Crippen molar-refractivity contribution in [1.82, 2.24) is 4.90 Å². The number of fused-ring (bicyclic) bond motifs is 1. The van der Waals surface area contributed by atoms with E-state index in [1.807, 2.05) is 23.1 Å². The lowest BCUT2D eigenvalue weighted by atomic mass is 9.88. The first-order valence-corrected chi connectivity index (χ1v) is 9.22. The number of halogens is 1. The Labute approximate surface area is 157 Å². The molecule has 27 heavy (non-hydrogen) atoms. The molecule has 2 aromatic carbocycles. The molecule has 1 amide bonds. The fourth-order valence-corrected chi connectivity index (χ4v) is 3.80. The van der Waals surface area contributed by atoms with E-state index >= 15 is 0 Å². The molecule has 1 fully saturated rings. The third kappa shape index (κ3) is 3.74. The largest absolute Gasteiger partial charge is 0.376 e. The highest BCUT2D eigenvalue weighted by Gasteiger charge is 2.36. The summed E-state index contributed by atoms with van der Waals surface area (Å²) in [5.41, 5.74) is 9.01. The fourth-order valence-electron chi connectivity index (χ4n) is 3.80. The first-order valence-electron chi connectivity index (χ1n) is 9.22. The number of carbonyl (C=O) groups is 1. The van der Waals surface area contributed by atoms with Gasteiger partial charge in [0.15, 0.2) is 6.10 Å². The average Bonchev–Trinajstić information content (AvgIpc) is 2.92. The predicted octanol–water partition coefficient (Wildman–Crippen LogP) is 2.04. The first-order chi connectivity index (χ1) is 13.1. The number of hydrogen-bond acceptors (Lipinski definition) is 4. The van der Waals surface area contributed by atoms with E-state index < -0.39 is 6.10 Å². The van der Waals surface area contributed by atoms with E-state index in [-0.39, 0.29) is 30.4 Å². The second-order valence-electron chi connectivity index (χ2n) is 7.05. The van der Waals surface area contributed by atoms with Crippen LogP contribution in [0.5, 0.6) is 0 Å². The van der Waals surface area contributed by atoms with E-state index in [2.05, 4.69) is 6.07 Å². The molecule has 1 saturated heterocycles. The van der Waals surface area contributed by atoms with Gasteiger partial charge in [0.05, 0.1) is 31.9 Å². The van der Waals surface area contributed by atoms with Gasteiger partial charge < -0.3 is 20.1 Å². The minimum Gasteiger partial charge on any atom is -0.376 e. The van der Waals surface area contributed by atoms with Gasteiger partial charge >= 0.3 is 0 Å². The van der Waals surface area contributed by atoms with Crippen molar-refractivity contribution in [3.63, 3.8) is 0 Å². The smallest absolute Gasteiger partial charge is 0.254 e. The van der Waals surface area contributed by atoms with Crippen LogP contribution in [0, 0.1) is 5.82 Å². The van der Waals surface area contributed by atoms with Gasteiger partial charge in [-0.05, 0) is 35.2 Å². The molecule has 0 spiro atoms. The van der Waals surface area contributed by atoms with Crippen molar-refractivity contribution in [2.75, 3.05) is 26.4 Å². The first kappa shape index (κ1) is 18.1. The molecule has 4 rings (SSSR count). The van der Waals surface area contributed by atoms with Crippen LogP contribution in [0.4, 0.5) is 4.39 Å². The maximum atomic E-state index is 13.4. The number of nitrogens with two attached hydrogens (primary N) is 1. The molecule has 3 atom stereocenters. The van der Waals surface area contributed by atoms with Gasteiger partial charge in [-0.2, -0.15) is 0 Å². The van der Waals surface area contributed by atoms with Crippen molar-refractivity contribution in [3.8, 4) is 0 Å². The standard InChI is InChI=1S/C21H23FN2O3/c22-16-7-5-15(6-8-16)20-18-4-2-1-3-14(18)9-10-24(20)21(25)19-13-26-11-17(23)12-27-19/h1-8,17,19-20H,9-13,23H2/t17-,19+,20-/m0/s1. The minimum atomic E-state index is -0.674. The van der Waals surface area contributed by atoms with Crippen LogP contribution in [-0.2, 0) is 20.7 Å². The summed E-state index contributed by atoms with van der Waals surface area (Å²) in [7, 11) is 0. The molecule has 2 aliphatic heterocycles. The van der Waals surface area contributed by atoms with Gasteiger partial charge in [-0.1, -0.05) is 36.4 Å². The topological polar surface area (TPSA) is 64.8 Å². The molecule has 0 aliphatic carbocycles. The monoisotopic (exact) mass is 370 g/mol. The zero-order valence-electron chi connectivity index (χ0n) is 15.0. The maximum absolute atomic E-state index is 13.4. The van der Waals surface area contributed by atoms with Crippen molar-refractivity contribution in [2.45, 2.75) is 24.6 Å². The molecule has 2 aromatic rings. The van der Waals surface area contributed by atoms with Crippen LogP contribution >= 0.6 is 0 Å². The number of benzene rings is 2. The van der Waals surface area contributed by atoms with Crippen LogP contribution < -0.4 is 5.73 Å². The van der Waals surface area contributed by atoms with Gasteiger partial charge in [0.1, 0.15) is 5.82 Å². The highest BCUT2D eigenvalue weighted by atomic mass is 19.1. The Kier molecular flexibility index (Phi) is 5.20. The van der Waals surface area contributed by atoms with Crippen LogP contribution in [0.2, 0.25) is 0 Å². The summed E-state index contributed by atoms with van der Waals surface area (Å²) in [4.78, 5) is 15.1. The van der Waals surface area contributed by atoms with Gasteiger partial charge in [0.2, 0.25) is 0 Å². The molecular weight excluding hydrogens is 347 g/mol. The average molecular weight is 370 g/mol. The molecule has 2 aliphatic rings. The van der Waals surface area contributed by atoms with Crippen molar-refractivity contribution >= 4 is 5.91 Å². The van der Waals surface area contributed by atoms with Crippen LogP contribution in [0.15, 0.2) is 48.5 Å². The van der Waals surface area contributed by atoms with Crippen LogP contribution in [0.25, 0.3) is 0 Å². The summed E-state index contributed by atoms with van der Waals surface area (Å²) in [6.07, 6.45) is 0.0962. The van der Waals surface area contributed by atoms with Crippen molar-refractivity contribution in [3.05, 3.63) is 71.0 Å². The number of amides is 1. The molecular formula is C21H23FN2O3. The van der Waals surface area contributed by atoms with Gasteiger partial charge in [-0.15, -0.1) is 0 Å². The molecule has 0 saturated carbocycles. The fraction of sp³-hybridized carbons (Fsp3) is 0.381. The molecule has 5 nitrogen and oxygen atoms in total. The SMILES string of the molecule is N[C@H]1COC[C@H](C(=O)N2CCc3ccccc3[C@@H]2c2ccc(F)cc2)OC1. The summed E-state index contributed by atoms with van der Waals surface area (Å²) in [5, 5.41) is 0. The zero-order valence-corrected chi connectivity index (χ0v) is 15.0. The number of carbonyl (C=O) groups excluding carboxylic acids is 1. The molecule has 0 unspecified atom stereocenters. The van der Waals surface area contributed by atoms with Gasteiger partial charge in [-0.3, -0.25) is 4.79 Å². The predicted molar refractivity (Wildman–Crippen MR) is 98.6 cm³/mol. The van der Waals surface area contributed by atoms with Crippen LogP contribution in [0.1, 0.15) is 22.7 Å². The Bertz CT molecular complexity index is 811. The van der Waals surface area contributed by atoms with Crippen molar-refractivity contribution in [1.29, 1.82) is 0 Å². The van der Waals surface area contributed by atoms with Crippen LogP contribution in [-0.4, -0.2) is 49.3 Å². The Balaban J connectivity index is 1.68. The zero-order chi connectivity index (χ0) is 18.8. The normalized spacial score (nSPS) is 25.6. The van der Waals surface area contributed by atoms with Gasteiger partial charge in [0.25, 0.3) is 5.91 Å². The van der Waals surface area contributed by atoms with Crippen molar-refractivity contribution in [2.24, 2.45) is 5.73 Å². The maximum Gasteiger partial charge on any atom is 0.254 e. The molecule has 6 heteroatoms. The number of ether oxygens (including phenoxy) is 2. The van der Waals surface area contributed by atoms with Gasteiger partial charge in [0, 0.05) is 6.54 Å². The lowest BCUT2D eigenvalue weighted by molar-refractivity contribution is -0.147. The summed E-state index contributed by atoms with van der Waals surface area (Å²) in [6.45, 7) is 1.45. The molecule has 2 N–H and O–H groups in total. The van der Waals surface area contributed by atoms with E-state index in [4.69, 9.17) is 15.2 Å². The molecule has 0 aromatic heterocycles. The van der Waals surface area contributed by atoms with E-state index in [1.165, 1.54) is 17.7 Å². The second kappa shape index (κ2) is 7.76. The summed E-state index contributed by atoms with van der Waals surface area (Å²) in [6, 6.07) is 13.9. The van der Waals surface area contributed by atoms with Gasteiger partial charge in [-0.25, -0.2) is 4.39 Å². The van der Waals surface area contributed by atoms with Crippen molar-refractivity contribution < 1.29 is 18.7 Å². The van der Waals surface area contributed by atoms with E-state index in [0.717, 1.165) is 17.5 Å². The Morgan fingerprint density at radius 1 is 1.07 bits per heavy atom. The quantitative estimate of drug-likeness (QED) is 0.879. The molecule has 0 bridgehead atoms. The van der Waals surface area contributed by atoms with E-state index in [0.29, 0.717) is 19.8 Å². The number of hydrogen-bond donors (Lipinski definition) is 1. The van der Waals surface area contributed by atoms with E-state index in [1.54, 1.807) is 12.1 Å². The summed E-state index contributed by atoms with van der Waals surface area (Å²) >= 11 is 0. The highest BCUT2D eigenvalue weighted by Crippen LogP contribution is 2.35. The summed E-state index contributed by atoms with van der Waals surface area (Å²) < 4.78 is 24.7. The minimum absolute atomic E-state index is 0.118. The Morgan fingerprint density at radius 3 is 2.67 bits per heavy atom. The van der Waals surface area contributed by atoms with E-state index in [9.17, 15) is 9.18 Å². The van der Waals surface area contributed by atoms with Crippen LogP contribution in [0.3, 0.4) is 0 Å². The lowest BCUT2D eigenvalue weighted by Gasteiger charge is -2.39. The number of rotatable bonds is 2. The lowest BCUT2D eigenvalue weighted by Crippen LogP contribution is -2.47. The third-order valence-corrected chi connectivity index (χ3v) is 5.14. The Morgan fingerprint density at radius 2 is 1.85 bits per heavy atom. The third-order valence-electron chi connectivity index (χ3n) is 5.14. The summed E-state index contributed by atoms with van der Waals surface area (Å²) in [5.74, 6) is -0.414. The number of nitrogens with zero attached hydrogens (tertiary/aromatic N) is 1. The Hall–Kier alpha value is -2.28.